The highest BCUT2D eigenvalue weighted by Gasteiger charge is 2.42. The minimum atomic E-state index is -5.08. The number of aromatic nitrogens is 2. The van der Waals surface area contributed by atoms with Gasteiger partial charge in [-0.3, -0.25) is 14.4 Å². The summed E-state index contributed by atoms with van der Waals surface area (Å²) in [7, 11) is 1.89. The van der Waals surface area contributed by atoms with E-state index in [1.807, 2.05) is 52.1 Å². The molecule has 2 aliphatic rings. The van der Waals surface area contributed by atoms with Crippen LogP contribution in [0.25, 0.3) is 11.3 Å². The van der Waals surface area contributed by atoms with Gasteiger partial charge in [-0.1, -0.05) is 29.8 Å². The van der Waals surface area contributed by atoms with Crippen LogP contribution in [0, 0.1) is 6.92 Å². The Kier molecular flexibility index (Phi) is 8.23. The van der Waals surface area contributed by atoms with Crippen molar-refractivity contribution in [1.29, 1.82) is 0 Å². The third-order valence-electron chi connectivity index (χ3n) is 6.29. The Labute approximate surface area is 217 Å². The number of amides is 1. The van der Waals surface area contributed by atoms with Crippen LogP contribution in [0.2, 0.25) is 5.02 Å². The minimum absolute atomic E-state index is 0.0220. The Morgan fingerprint density at radius 3 is 2.51 bits per heavy atom. The van der Waals surface area contributed by atoms with Crippen LogP contribution in [-0.2, 0) is 26.9 Å². The van der Waals surface area contributed by atoms with Crippen LogP contribution in [0.5, 0.6) is 0 Å². The zero-order valence-electron chi connectivity index (χ0n) is 20.8. The lowest BCUT2D eigenvalue weighted by atomic mass is 9.85. The van der Waals surface area contributed by atoms with Crippen LogP contribution in [0.3, 0.4) is 0 Å². The summed E-state index contributed by atoms with van der Waals surface area (Å²) in [6.45, 7) is 6.50. The molecule has 0 unspecified atom stereocenters. The number of rotatable bonds is 3. The molecule has 0 aliphatic carbocycles. The molecule has 1 aromatic carbocycles. The van der Waals surface area contributed by atoms with Crippen molar-refractivity contribution in [1.82, 2.24) is 14.7 Å². The van der Waals surface area contributed by atoms with E-state index in [9.17, 15) is 18.0 Å². The topological polar surface area (TPSA) is 123 Å². The predicted octanol–water partition coefficient (Wildman–Crippen LogP) is 4.01. The molecule has 4 rings (SSSR count). The summed E-state index contributed by atoms with van der Waals surface area (Å²) in [5.41, 5.74) is 9.00. The van der Waals surface area contributed by atoms with Crippen LogP contribution >= 0.6 is 11.6 Å². The number of nitrogens with zero attached hydrogens (tertiary/aromatic N) is 4. The van der Waals surface area contributed by atoms with E-state index in [0.29, 0.717) is 11.6 Å². The lowest BCUT2D eigenvalue weighted by Crippen LogP contribution is -2.56. The third kappa shape index (κ3) is 6.24. The molecule has 202 valence electrons. The highest BCUT2D eigenvalue weighted by Crippen LogP contribution is 2.42. The van der Waals surface area contributed by atoms with E-state index in [4.69, 9.17) is 37.0 Å². The molecule has 1 fully saturated rings. The number of guanidine groups is 1. The molecule has 3 N–H and O–H groups in total. The molecule has 0 saturated carbocycles. The average molecular weight is 544 g/mol. The van der Waals surface area contributed by atoms with Crippen molar-refractivity contribution in [3.05, 3.63) is 40.5 Å². The largest absolute Gasteiger partial charge is 0.490 e. The summed E-state index contributed by atoms with van der Waals surface area (Å²) in [6.07, 6.45) is -3.24. The van der Waals surface area contributed by atoms with Crippen molar-refractivity contribution in [3.63, 3.8) is 0 Å². The van der Waals surface area contributed by atoms with Gasteiger partial charge in [0.1, 0.15) is 0 Å². The summed E-state index contributed by atoms with van der Waals surface area (Å²) in [5, 5.41) is 12.1. The van der Waals surface area contributed by atoms with Crippen molar-refractivity contribution in [2.24, 2.45) is 17.8 Å². The molecule has 9 nitrogen and oxygen atoms in total. The van der Waals surface area contributed by atoms with Gasteiger partial charge < -0.3 is 15.6 Å². The van der Waals surface area contributed by atoms with Crippen molar-refractivity contribution in [2.75, 3.05) is 6.61 Å². The normalized spacial score (nSPS) is 24.3. The van der Waals surface area contributed by atoms with Crippen molar-refractivity contribution in [2.45, 2.75) is 63.9 Å². The Balaban J connectivity index is 0.000000479. The lowest BCUT2D eigenvalue weighted by Gasteiger charge is -2.41. The summed E-state index contributed by atoms with van der Waals surface area (Å²) >= 11 is 6.85. The number of carboxylic acid groups (broad SMARTS) is 1. The zero-order valence-corrected chi connectivity index (χ0v) is 21.6. The second-order valence-electron chi connectivity index (χ2n) is 9.31. The number of aliphatic imine (C=N–C) groups is 1. The highest BCUT2D eigenvalue weighted by atomic mass is 35.5. The summed E-state index contributed by atoms with van der Waals surface area (Å²) in [5.74, 6) is -2.53. The predicted molar refractivity (Wildman–Crippen MR) is 131 cm³/mol. The molecular formula is C24H29ClF3N5O4. The van der Waals surface area contributed by atoms with Gasteiger partial charge in [-0.15, -0.1) is 0 Å². The molecule has 0 radical (unpaired) electrons. The van der Waals surface area contributed by atoms with Crippen molar-refractivity contribution < 1.29 is 32.6 Å². The number of hydrogen-bond donors (Lipinski definition) is 2. The Hall–Kier alpha value is -3.12. The summed E-state index contributed by atoms with van der Waals surface area (Å²) in [6, 6.07) is 7.83. The molecule has 13 heteroatoms. The molecule has 2 aliphatic heterocycles. The number of carboxylic acids is 1. The van der Waals surface area contributed by atoms with E-state index >= 15 is 0 Å². The number of halogens is 4. The fourth-order valence-corrected chi connectivity index (χ4v) is 5.04. The minimum Gasteiger partial charge on any atom is -0.475 e. The quantitative estimate of drug-likeness (QED) is 0.603. The zero-order chi connectivity index (χ0) is 27.7. The van der Waals surface area contributed by atoms with Gasteiger partial charge in [0.25, 0.3) is 0 Å². The van der Waals surface area contributed by atoms with Gasteiger partial charge in [0.15, 0.2) is 5.96 Å². The van der Waals surface area contributed by atoms with Gasteiger partial charge in [-0.05, 0) is 45.2 Å². The van der Waals surface area contributed by atoms with Crippen LogP contribution in [0.15, 0.2) is 29.3 Å². The van der Waals surface area contributed by atoms with E-state index in [-0.39, 0.29) is 30.4 Å². The fourth-order valence-electron chi connectivity index (χ4n) is 4.62. The smallest absolute Gasteiger partial charge is 0.475 e. The van der Waals surface area contributed by atoms with E-state index < -0.39 is 17.7 Å². The fraction of sp³-hybridized carbons (Fsp3) is 0.500. The molecule has 1 saturated heterocycles. The van der Waals surface area contributed by atoms with Gasteiger partial charge in [-0.2, -0.15) is 18.3 Å². The van der Waals surface area contributed by atoms with Crippen LogP contribution < -0.4 is 5.73 Å². The molecule has 0 spiro atoms. The molecule has 1 aromatic heterocycles. The van der Waals surface area contributed by atoms with Gasteiger partial charge in [0, 0.05) is 25.3 Å². The molecule has 2 aromatic rings. The Morgan fingerprint density at radius 2 is 2.00 bits per heavy atom. The number of benzene rings is 1. The summed E-state index contributed by atoms with van der Waals surface area (Å²) in [4.78, 5) is 28.5. The third-order valence-corrected chi connectivity index (χ3v) is 6.70. The Morgan fingerprint density at radius 1 is 1.35 bits per heavy atom. The number of hydrogen-bond acceptors (Lipinski definition) is 6. The average Bonchev–Trinajstić information content (AvgIpc) is 3.10. The van der Waals surface area contributed by atoms with Crippen molar-refractivity contribution >= 4 is 29.4 Å². The standard InChI is InChI=1S/C22H28ClN5O2.C2HF3O2/c1-13-10-18(27(4)26-13)16-6-5-7-17(20(16)23)22(3)12-19(29)28(21(24)25-22)15-8-9-30-14(2)11-15;3-2(4,5)1(6)7/h5-7,10,14-15H,8-9,11-12H2,1-4H3,(H2,24,25);(H,6,7)/t14-,15-,22-;/m0./s1. The van der Waals surface area contributed by atoms with Gasteiger partial charge in [0.05, 0.1) is 34.5 Å². The number of aryl methyl sites for hydroxylation is 2. The number of carbonyl (C=O) groups is 2. The van der Waals surface area contributed by atoms with E-state index in [0.717, 1.165) is 35.4 Å². The van der Waals surface area contributed by atoms with E-state index in [1.165, 1.54) is 0 Å². The number of alkyl halides is 3. The second kappa shape index (κ2) is 10.7. The second-order valence-corrected chi connectivity index (χ2v) is 9.69. The maximum Gasteiger partial charge on any atom is 0.490 e. The molecule has 37 heavy (non-hydrogen) atoms. The lowest BCUT2D eigenvalue weighted by molar-refractivity contribution is -0.192. The first-order valence-corrected chi connectivity index (χ1v) is 11.9. The molecular weight excluding hydrogens is 515 g/mol. The van der Waals surface area contributed by atoms with Gasteiger partial charge in [-0.25, -0.2) is 9.79 Å². The van der Waals surface area contributed by atoms with Gasteiger partial charge >= 0.3 is 12.1 Å². The van der Waals surface area contributed by atoms with E-state index in [2.05, 4.69) is 5.10 Å². The number of carbonyl (C=O) groups excluding carboxylic acids is 1. The first-order chi connectivity index (χ1) is 17.1. The van der Waals surface area contributed by atoms with Crippen LogP contribution in [0.1, 0.15) is 44.4 Å². The maximum absolute atomic E-state index is 13.2. The van der Waals surface area contributed by atoms with Crippen LogP contribution in [0.4, 0.5) is 13.2 Å². The van der Waals surface area contributed by atoms with Crippen LogP contribution in [-0.4, -0.2) is 62.6 Å². The first-order valence-electron chi connectivity index (χ1n) is 11.5. The monoisotopic (exact) mass is 543 g/mol. The molecule has 0 bridgehead atoms. The van der Waals surface area contributed by atoms with Gasteiger partial charge in [0.2, 0.25) is 5.91 Å². The number of aliphatic carboxylic acids is 1. The molecule has 3 heterocycles. The molecule has 3 atom stereocenters. The molecule has 1 amide bonds. The maximum atomic E-state index is 13.2. The summed E-state index contributed by atoms with van der Waals surface area (Å²) < 4.78 is 39.2. The number of ether oxygens (including phenoxy) is 1. The highest BCUT2D eigenvalue weighted by molar-refractivity contribution is 6.34. The van der Waals surface area contributed by atoms with Crippen molar-refractivity contribution in [3.8, 4) is 11.3 Å². The number of nitrogens with two attached hydrogens (primary N) is 1. The Bertz CT molecular complexity index is 1220. The van der Waals surface area contributed by atoms with E-state index in [1.54, 1.807) is 9.58 Å². The SMILES string of the molecule is Cc1cc(-c2cccc([C@]3(C)CC(=O)N([C@H]4CCO[C@@H](C)C4)C(N)=N3)c2Cl)n(C)n1.O=C(O)C(F)(F)F. The first kappa shape index (κ1) is 28.5.